The summed E-state index contributed by atoms with van der Waals surface area (Å²) in [6, 6.07) is 5.98. The molecule has 1 aliphatic carbocycles. The molecule has 23 heavy (non-hydrogen) atoms. The second-order valence-electron chi connectivity index (χ2n) is 6.72. The van der Waals surface area contributed by atoms with Gasteiger partial charge in [0.25, 0.3) is 0 Å². The van der Waals surface area contributed by atoms with Gasteiger partial charge in [-0.05, 0) is 55.4 Å². The van der Waals surface area contributed by atoms with Crippen molar-refractivity contribution in [2.75, 3.05) is 16.8 Å². The van der Waals surface area contributed by atoms with Crippen LogP contribution in [0.5, 0.6) is 0 Å². The van der Waals surface area contributed by atoms with Gasteiger partial charge < -0.3 is 16.0 Å². The molecule has 1 heterocycles. The molecule has 1 saturated carbocycles. The van der Waals surface area contributed by atoms with E-state index in [1.807, 2.05) is 23.1 Å². The van der Waals surface area contributed by atoms with E-state index in [-0.39, 0.29) is 17.9 Å². The number of fused-ring (bicyclic) bond motifs is 1. The van der Waals surface area contributed by atoms with Crippen LogP contribution >= 0.6 is 0 Å². The number of nitrogens with zero attached hydrogens (tertiary/aromatic N) is 1. The highest BCUT2D eigenvalue weighted by Gasteiger charge is 2.26. The maximum atomic E-state index is 12.2. The number of nitrogens with one attached hydrogen (secondary N) is 1. The van der Waals surface area contributed by atoms with E-state index in [4.69, 9.17) is 5.73 Å². The van der Waals surface area contributed by atoms with Crippen LogP contribution in [-0.4, -0.2) is 24.4 Å². The fourth-order valence-electron chi connectivity index (χ4n) is 3.77. The fraction of sp³-hybridized carbons (Fsp3) is 0.556. The summed E-state index contributed by atoms with van der Waals surface area (Å²) in [5.74, 6) is 0.408. The number of rotatable bonds is 3. The van der Waals surface area contributed by atoms with Gasteiger partial charge in [0.15, 0.2) is 0 Å². The second-order valence-corrected chi connectivity index (χ2v) is 6.72. The van der Waals surface area contributed by atoms with Crippen molar-refractivity contribution in [3.8, 4) is 0 Å². The third-order valence-electron chi connectivity index (χ3n) is 5.03. The van der Waals surface area contributed by atoms with Gasteiger partial charge in [-0.25, -0.2) is 0 Å². The molecule has 1 aliphatic heterocycles. The lowest BCUT2D eigenvalue weighted by Gasteiger charge is -2.29. The SMILES string of the molecule is CC(=O)N1CCCc2cc(NC(=O)C[C@@H]3CCC[C@H]3N)ccc21. The van der Waals surface area contributed by atoms with E-state index >= 15 is 0 Å². The van der Waals surface area contributed by atoms with Gasteiger partial charge in [-0.2, -0.15) is 0 Å². The third kappa shape index (κ3) is 3.55. The van der Waals surface area contributed by atoms with Crippen molar-refractivity contribution in [2.24, 2.45) is 11.7 Å². The van der Waals surface area contributed by atoms with Crippen LogP contribution < -0.4 is 16.0 Å². The molecule has 2 amide bonds. The highest BCUT2D eigenvalue weighted by molar-refractivity contribution is 5.94. The number of anilines is 2. The zero-order valence-corrected chi connectivity index (χ0v) is 13.7. The molecule has 0 unspecified atom stereocenters. The first-order chi connectivity index (χ1) is 11.0. The number of hydrogen-bond acceptors (Lipinski definition) is 3. The molecule has 1 aromatic rings. The van der Waals surface area contributed by atoms with Crippen LogP contribution in [0.1, 0.15) is 44.6 Å². The van der Waals surface area contributed by atoms with Crippen molar-refractivity contribution in [1.82, 2.24) is 0 Å². The average Bonchev–Trinajstić information content (AvgIpc) is 2.91. The number of amides is 2. The van der Waals surface area contributed by atoms with Crippen molar-refractivity contribution in [2.45, 2.75) is 51.5 Å². The summed E-state index contributed by atoms with van der Waals surface area (Å²) >= 11 is 0. The van der Waals surface area contributed by atoms with Gasteiger partial charge in [-0.1, -0.05) is 6.42 Å². The minimum Gasteiger partial charge on any atom is -0.327 e. The van der Waals surface area contributed by atoms with Crippen LogP contribution in [0, 0.1) is 5.92 Å². The number of carbonyl (C=O) groups excluding carboxylic acids is 2. The molecule has 0 saturated heterocycles. The minimum atomic E-state index is 0.0338. The summed E-state index contributed by atoms with van der Waals surface area (Å²) in [7, 11) is 0. The molecule has 0 aromatic heterocycles. The van der Waals surface area contributed by atoms with Gasteiger partial charge in [0, 0.05) is 37.3 Å². The first-order valence-corrected chi connectivity index (χ1v) is 8.51. The summed E-state index contributed by atoms with van der Waals surface area (Å²) in [4.78, 5) is 25.7. The standard InChI is InChI=1S/C18H25N3O2/c1-12(22)21-9-3-5-14-10-15(7-8-17(14)21)20-18(23)11-13-4-2-6-16(13)19/h7-8,10,13,16H,2-6,9,11,19H2,1H3,(H,20,23)/t13-,16+/m0/s1. The Bertz CT molecular complexity index is 614. The summed E-state index contributed by atoms with van der Waals surface area (Å²) in [5, 5.41) is 2.99. The van der Waals surface area contributed by atoms with E-state index in [9.17, 15) is 9.59 Å². The van der Waals surface area contributed by atoms with E-state index in [1.165, 1.54) is 0 Å². The van der Waals surface area contributed by atoms with Crippen LogP contribution in [0.15, 0.2) is 18.2 Å². The van der Waals surface area contributed by atoms with Crippen LogP contribution in [0.4, 0.5) is 11.4 Å². The molecule has 2 atom stereocenters. The Morgan fingerprint density at radius 2 is 2.13 bits per heavy atom. The molecule has 3 N–H and O–H groups in total. The number of aryl methyl sites for hydroxylation is 1. The topological polar surface area (TPSA) is 75.4 Å². The monoisotopic (exact) mass is 315 g/mol. The summed E-state index contributed by atoms with van der Waals surface area (Å²) in [6.07, 6.45) is 5.60. The molecule has 0 bridgehead atoms. The second kappa shape index (κ2) is 6.71. The maximum Gasteiger partial charge on any atom is 0.224 e. The van der Waals surface area contributed by atoms with E-state index < -0.39 is 0 Å². The molecular weight excluding hydrogens is 290 g/mol. The quantitative estimate of drug-likeness (QED) is 0.899. The lowest BCUT2D eigenvalue weighted by Crippen LogP contribution is -2.33. The number of hydrogen-bond donors (Lipinski definition) is 2. The largest absolute Gasteiger partial charge is 0.327 e. The van der Waals surface area contributed by atoms with Crippen LogP contribution in [0.25, 0.3) is 0 Å². The zero-order chi connectivity index (χ0) is 16.4. The molecular formula is C18H25N3O2. The van der Waals surface area contributed by atoms with E-state index in [2.05, 4.69) is 5.32 Å². The van der Waals surface area contributed by atoms with E-state index in [0.717, 1.165) is 55.6 Å². The van der Waals surface area contributed by atoms with E-state index in [0.29, 0.717) is 12.3 Å². The molecule has 1 fully saturated rings. The Kier molecular flexibility index (Phi) is 4.66. The van der Waals surface area contributed by atoms with Crippen molar-refractivity contribution >= 4 is 23.2 Å². The van der Waals surface area contributed by atoms with Gasteiger partial charge in [-0.3, -0.25) is 9.59 Å². The molecule has 0 radical (unpaired) electrons. The lowest BCUT2D eigenvalue weighted by molar-refractivity contribution is -0.117. The lowest BCUT2D eigenvalue weighted by atomic mass is 9.99. The smallest absolute Gasteiger partial charge is 0.224 e. The molecule has 0 spiro atoms. The Morgan fingerprint density at radius 3 is 2.83 bits per heavy atom. The van der Waals surface area contributed by atoms with Crippen LogP contribution in [0.2, 0.25) is 0 Å². The van der Waals surface area contributed by atoms with Gasteiger partial charge in [-0.15, -0.1) is 0 Å². The van der Waals surface area contributed by atoms with Gasteiger partial charge in [0.1, 0.15) is 0 Å². The van der Waals surface area contributed by atoms with Gasteiger partial charge >= 0.3 is 0 Å². The van der Waals surface area contributed by atoms with Crippen molar-refractivity contribution in [3.05, 3.63) is 23.8 Å². The van der Waals surface area contributed by atoms with Crippen molar-refractivity contribution in [1.29, 1.82) is 0 Å². The number of carbonyl (C=O) groups is 2. The molecule has 2 aliphatic rings. The first-order valence-electron chi connectivity index (χ1n) is 8.51. The fourth-order valence-corrected chi connectivity index (χ4v) is 3.77. The highest BCUT2D eigenvalue weighted by atomic mass is 16.2. The maximum absolute atomic E-state index is 12.2. The molecule has 3 rings (SSSR count). The molecule has 1 aromatic carbocycles. The predicted octanol–water partition coefficient (Wildman–Crippen LogP) is 2.44. The summed E-state index contributed by atoms with van der Waals surface area (Å²) in [5.41, 5.74) is 8.95. The normalized spacial score (nSPS) is 23.5. The van der Waals surface area contributed by atoms with Crippen molar-refractivity contribution in [3.63, 3.8) is 0 Å². The summed E-state index contributed by atoms with van der Waals surface area (Å²) in [6.45, 7) is 2.36. The third-order valence-corrected chi connectivity index (χ3v) is 5.03. The Morgan fingerprint density at radius 1 is 1.30 bits per heavy atom. The van der Waals surface area contributed by atoms with Crippen LogP contribution in [-0.2, 0) is 16.0 Å². The molecule has 124 valence electrons. The molecule has 5 heteroatoms. The Labute approximate surface area is 137 Å². The first kappa shape index (κ1) is 16.0. The number of benzene rings is 1. The van der Waals surface area contributed by atoms with Gasteiger partial charge in [0.05, 0.1) is 0 Å². The van der Waals surface area contributed by atoms with Crippen LogP contribution in [0.3, 0.4) is 0 Å². The average molecular weight is 315 g/mol. The Hall–Kier alpha value is -1.88. The van der Waals surface area contributed by atoms with E-state index in [1.54, 1.807) is 6.92 Å². The van der Waals surface area contributed by atoms with Crippen molar-refractivity contribution < 1.29 is 9.59 Å². The Balaban J connectivity index is 1.67. The molecule has 5 nitrogen and oxygen atoms in total. The van der Waals surface area contributed by atoms with Gasteiger partial charge in [0.2, 0.25) is 11.8 Å². The summed E-state index contributed by atoms with van der Waals surface area (Å²) < 4.78 is 0. The zero-order valence-electron chi connectivity index (χ0n) is 13.7. The predicted molar refractivity (Wildman–Crippen MR) is 91.4 cm³/mol. The number of nitrogens with two attached hydrogens (primary N) is 1. The minimum absolute atomic E-state index is 0.0338. The highest BCUT2D eigenvalue weighted by Crippen LogP contribution is 2.31.